The molecule has 1 N–H and O–H groups in total. The van der Waals surface area contributed by atoms with Crippen molar-refractivity contribution in [3.63, 3.8) is 0 Å². The molecule has 0 radical (unpaired) electrons. The number of epoxide rings is 1. The zero-order valence-corrected chi connectivity index (χ0v) is 14.8. The lowest BCUT2D eigenvalue weighted by Crippen LogP contribution is -2.33. The number of carboxylic acids is 1. The summed E-state index contributed by atoms with van der Waals surface area (Å²) in [4.78, 5) is 10.5. The smallest absolute Gasteiger partial charge is 0.303 e. The van der Waals surface area contributed by atoms with Crippen LogP contribution >= 0.6 is 0 Å². The summed E-state index contributed by atoms with van der Waals surface area (Å²) >= 11 is 0. The fourth-order valence-electron chi connectivity index (χ4n) is 5.03. The molecule has 25 heavy (non-hydrogen) atoms. The number of rotatable bonds is 10. The number of unbranched alkanes of at least 4 members (excludes halogenated alkanes) is 1. The normalized spacial score (nSPS) is 39.4. The van der Waals surface area contributed by atoms with Gasteiger partial charge in [-0.1, -0.05) is 25.0 Å². The van der Waals surface area contributed by atoms with Crippen molar-refractivity contribution in [3.05, 3.63) is 12.2 Å². The lowest BCUT2D eigenvalue weighted by Gasteiger charge is -2.25. The SMILES string of the molecule is O=C(O)CCC/C=C\C[C@H]1[C@@H](CCOC2CCCC2)[C@@H]2O[C@H]1[C@@H]1O[C@@H]12. The van der Waals surface area contributed by atoms with Crippen molar-refractivity contribution in [2.45, 2.75) is 88.3 Å². The molecule has 3 aliphatic heterocycles. The maximum absolute atomic E-state index is 10.5. The van der Waals surface area contributed by atoms with E-state index < -0.39 is 5.97 Å². The highest BCUT2D eigenvalue weighted by Gasteiger charge is 2.68. The van der Waals surface area contributed by atoms with Gasteiger partial charge in [-0.05, 0) is 50.4 Å². The molecular weight excluding hydrogens is 320 g/mol. The third-order valence-corrected chi connectivity index (χ3v) is 6.36. The van der Waals surface area contributed by atoms with Crippen LogP contribution in [0.5, 0.6) is 0 Å². The van der Waals surface area contributed by atoms with Gasteiger partial charge in [0.2, 0.25) is 0 Å². The predicted molar refractivity (Wildman–Crippen MR) is 92.4 cm³/mol. The van der Waals surface area contributed by atoms with E-state index in [9.17, 15) is 4.79 Å². The molecule has 0 aromatic heterocycles. The Hall–Kier alpha value is -0.910. The van der Waals surface area contributed by atoms with Gasteiger partial charge in [0.25, 0.3) is 0 Å². The average molecular weight is 350 g/mol. The highest BCUT2D eigenvalue weighted by atomic mass is 16.7. The molecule has 0 spiro atoms. The van der Waals surface area contributed by atoms with Gasteiger partial charge in [0.05, 0.1) is 18.3 Å². The molecule has 4 aliphatic rings. The molecule has 6 atom stereocenters. The van der Waals surface area contributed by atoms with Crippen LogP contribution in [0.15, 0.2) is 12.2 Å². The molecule has 4 fully saturated rings. The summed E-state index contributed by atoms with van der Waals surface area (Å²) in [6.07, 6.45) is 15.0. The fourth-order valence-corrected chi connectivity index (χ4v) is 5.03. The van der Waals surface area contributed by atoms with Crippen LogP contribution < -0.4 is 0 Å². The van der Waals surface area contributed by atoms with E-state index in [1.807, 2.05) is 0 Å². The monoisotopic (exact) mass is 350 g/mol. The van der Waals surface area contributed by atoms with Crippen LogP contribution in [0.4, 0.5) is 0 Å². The second kappa shape index (κ2) is 7.77. The second-order valence-electron chi connectivity index (χ2n) is 8.02. The first kappa shape index (κ1) is 17.5. The van der Waals surface area contributed by atoms with Crippen molar-refractivity contribution < 1.29 is 24.1 Å². The second-order valence-corrected chi connectivity index (χ2v) is 8.02. The number of hydrogen-bond acceptors (Lipinski definition) is 4. The lowest BCUT2D eigenvalue weighted by molar-refractivity contribution is -0.137. The van der Waals surface area contributed by atoms with E-state index in [1.54, 1.807) is 0 Å². The summed E-state index contributed by atoms with van der Waals surface area (Å²) in [7, 11) is 0. The highest BCUT2D eigenvalue weighted by Crippen LogP contribution is 2.55. The van der Waals surface area contributed by atoms with Crippen LogP contribution in [-0.2, 0) is 19.0 Å². The molecule has 5 heteroatoms. The summed E-state index contributed by atoms with van der Waals surface area (Å²) in [6.45, 7) is 0.845. The van der Waals surface area contributed by atoms with E-state index in [-0.39, 0.29) is 18.6 Å². The maximum atomic E-state index is 10.5. The van der Waals surface area contributed by atoms with Gasteiger partial charge in [0, 0.05) is 13.0 Å². The van der Waals surface area contributed by atoms with E-state index in [0.717, 1.165) is 25.9 Å². The van der Waals surface area contributed by atoms with Gasteiger partial charge in [-0.15, -0.1) is 0 Å². The summed E-state index contributed by atoms with van der Waals surface area (Å²) in [5.41, 5.74) is 0. The van der Waals surface area contributed by atoms with Gasteiger partial charge in [-0.3, -0.25) is 4.79 Å². The van der Waals surface area contributed by atoms with Gasteiger partial charge in [-0.25, -0.2) is 0 Å². The molecule has 1 aliphatic carbocycles. The minimum Gasteiger partial charge on any atom is -0.481 e. The fraction of sp³-hybridized carbons (Fsp3) is 0.850. The number of carbonyl (C=O) groups is 1. The zero-order valence-electron chi connectivity index (χ0n) is 14.8. The van der Waals surface area contributed by atoms with Crippen LogP contribution in [0, 0.1) is 11.8 Å². The minimum absolute atomic E-state index is 0.250. The zero-order chi connectivity index (χ0) is 17.2. The number of aliphatic carboxylic acids is 1. The molecule has 4 rings (SSSR count). The number of carboxylic acid groups (broad SMARTS) is 1. The van der Waals surface area contributed by atoms with Crippen LogP contribution in [-0.4, -0.2) is 48.2 Å². The first-order chi connectivity index (χ1) is 12.2. The van der Waals surface area contributed by atoms with Crippen molar-refractivity contribution >= 4 is 5.97 Å². The minimum atomic E-state index is -0.714. The summed E-state index contributed by atoms with van der Waals surface area (Å²) in [6, 6.07) is 0. The number of allylic oxidation sites excluding steroid dienone is 2. The van der Waals surface area contributed by atoms with E-state index in [2.05, 4.69) is 12.2 Å². The summed E-state index contributed by atoms with van der Waals surface area (Å²) in [5, 5.41) is 8.68. The highest BCUT2D eigenvalue weighted by molar-refractivity contribution is 5.66. The molecule has 3 saturated heterocycles. The van der Waals surface area contributed by atoms with Gasteiger partial charge >= 0.3 is 5.97 Å². The molecule has 5 nitrogen and oxygen atoms in total. The van der Waals surface area contributed by atoms with Crippen LogP contribution in [0.25, 0.3) is 0 Å². The van der Waals surface area contributed by atoms with Crippen molar-refractivity contribution in [2.24, 2.45) is 11.8 Å². The van der Waals surface area contributed by atoms with Gasteiger partial charge < -0.3 is 19.3 Å². The Morgan fingerprint density at radius 2 is 1.76 bits per heavy atom. The number of hydrogen-bond donors (Lipinski definition) is 1. The number of fused-ring (bicyclic) bond motifs is 5. The van der Waals surface area contributed by atoms with Crippen molar-refractivity contribution in [3.8, 4) is 0 Å². The summed E-state index contributed by atoms with van der Waals surface area (Å²) < 4.78 is 18.1. The Kier molecular flexibility index (Phi) is 5.44. The quantitative estimate of drug-likeness (QED) is 0.372. The van der Waals surface area contributed by atoms with E-state index in [4.69, 9.17) is 19.3 Å². The van der Waals surface area contributed by atoms with Crippen LogP contribution in [0.3, 0.4) is 0 Å². The third-order valence-electron chi connectivity index (χ3n) is 6.36. The molecule has 0 amide bonds. The Bertz CT molecular complexity index is 498. The van der Waals surface area contributed by atoms with E-state index in [0.29, 0.717) is 36.6 Å². The lowest BCUT2D eigenvalue weighted by atomic mass is 9.76. The molecule has 0 unspecified atom stereocenters. The van der Waals surface area contributed by atoms with Crippen molar-refractivity contribution in [1.29, 1.82) is 0 Å². The number of ether oxygens (including phenoxy) is 3. The molecule has 0 aromatic rings. The molecule has 140 valence electrons. The molecule has 1 saturated carbocycles. The van der Waals surface area contributed by atoms with Gasteiger partial charge in [-0.2, -0.15) is 0 Å². The van der Waals surface area contributed by atoms with E-state index >= 15 is 0 Å². The van der Waals surface area contributed by atoms with E-state index in [1.165, 1.54) is 25.7 Å². The Balaban J connectivity index is 1.23. The first-order valence-electron chi connectivity index (χ1n) is 10.0. The molecule has 3 heterocycles. The average Bonchev–Trinajstić information content (AvgIpc) is 2.94. The molecule has 0 aromatic carbocycles. The van der Waals surface area contributed by atoms with Gasteiger partial charge in [0.15, 0.2) is 0 Å². The third kappa shape index (κ3) is 3.93. The van der Waals surface area contributed by atoms with Crippen LogP contribution in [0.1, 0.15) is 57.8 Å². The molecule has 2 bridgehead atoms. The summed E-state index contributed by atoms with van der Waals surface area (Å²) in [5.74, 6) is 0.352. The topological polar surface area (TPSA) is 68.3 Å². The van der Waals surface area contributed by atoms with Crippen molar-refractivity contribution in [2.75, 3.05) is 6.61 Å². The Morgan fingerprint density at radius 1 is 1.04 bits per heavy atom. The largest absolute Gasteiger partial charge is 0.481 e. The maximum Gasteiger partial charge on any atom is 0.303 e. The van der Waals surface area contributed by atoms with Crippen molar-refractivity contribution in [1.82, 2.24) is 0 Å². The Labute approximate surface area is 149 Å². The predicted octanol–water partition coefficient (Wildman–Crippen LogP) is 3.32. The standard InChI is InChI=1S/C20H30O5/c21-16(22)10-4-2-1-3-9-14-15(11-12-23-13-7-5-6-8-13)18-20-19(25-20)17(14)24-18/h1,3,13-15,17-20H,2,4-12H2,(H,21,22)/b3-1-/t14-,15+,17+,18-,19-,20+/m0/s1. The molecular formula is C20H30O5. The van der Waals surface area contributed by atoms with Gasteiger partial charge in [0.1, 0.15) is 12.2 Å². The first-order valence-corrected chi connectivity index (χ1v) is 10.0. The van der Waals surface area contributed by atoms with Crippen LogP contribution in [0.2, 0.25) is 0 Å². The Morgan fingerprint density at radius 3 is 2.52 bits per heavy atom.